The number of hydrogen-bond acceptors (Lipinski definition) is 2. The summed E-state index contributed by atoms with van der Waals surface area (Å²) in [5.74, 6) is 0. The van der Waals surface area contributed by atoms with E-state index in [2.05, 4.69) is 277 Å². The summed E-state index contributed by atoms with van der Waals surface area (Å²) in [6, 6.07) is 85.7. The van der Waals surface area contributed by atoms with Crippen LogP contribution in [-0.4, -0.2) is 8.80 Å². The van der Waals surface area contributed by atoms with Gasteiger partial charge in [0.1, 0.15) is 0 Å². The van der Waals surface area contributed by atoms with Crippen LogP contribution >= 0.6 is 0 Å². The molecule has 0 aliphatic rings. The molecule has 11 aromatic carbocycles. The molecule has 4 nitrogen and oxygen atoms in total. The molecule has 74 heavy (non-hydrogen) atoms. The van der Waals surface area contributed by atoms with Gasteiger partial charge >= 0.3 is 0 Å². The van der Waals surface area contributed by atoms with Gasteiger partial charge in [0.2, 0.25) is 0 Å². The minimum absolute atomic E-state index is 1.13. The summed E-state index contributed by atoms with van der Waals surface area (Å²) in [6.07, 6.45) is 0. The molecule has 0 saturated carbocycles. The largest absolute Gasteiger partial charge is 0.310 e. The summed E-state index contributed by atoms with van der Waals surface area (Å²) in [6.45, 7) is 8.86. The number of para-hydroxylation sites is 4. The van der Waals surface area contributed by atoms with Crippen LogP contribution in [0.3, 0.4) is 0 Å². The molecule has 0 unspecified atom stereocenters. The molecule has 15 aromatic rings. The second-order valence-corrected chi connectivity index (χ2v) is 20.3. The predicted octanol–water partition coefficient (Wildman–Crippen LogP) is 19.5. The van der Waals surface area contributed by atoms with Crippen molar-refractivity contribution in [2.75, 3.05) is 9.80 Å². The standard InChI is InChI=1S/C70H50N4/c1-43-33-35-45(3)59(41-43)71(49-25-13-7-14-26-49)57-39-37-53-65-61(47-21-9-5-10-22-47)70-66(62(48-23-11-6-12-24-48)69(65)73-55-31-19-17-29-51(55)63(57)67(53)73)54-38-40-58(64-52-30-18-20-32-56(52)74(70)68(54)64)72(50-27-15-8-16-28-50)60-42-44(2)34-36-46(60)4/h5-42H,1-4H3. The molecular weight excluding hydrogens is 897 g/mol. The first-order chi connectivity index (χ1) is 36.4. The Morgan fingerprint density at radius 2 is 0.649 bits per heavy atom. The summed E-state index contributed by atoms with van der Waals surface area (Å²) in [5, 5.41) is 9.91. The van der Waals surface area contributed by atoms with Gasteiger partial charge in [0, 0.05) is 77.0 Å². The highest BCUT2D eigenvalue weighted by Gasteiger charge is 2.33. The lowest BCUT2D eigenvalue weighted by molar-refractivity contribution is 1.25. The van der Waals surface area contributed by atoms with Crippen molar-refractivity contribution in [2.24, 2.45) is 0 Å². The number of benzene rings is 11. The van der Waals surface area contributed by atoms with Gasteiger partial charge in [0.15, 0.2) is 0 Å². The molecule has 4 heteroatoms. The summed E-state index contributed by atoms with van der Waals surface area (Å²) in [5.41, 5.74) is 24.0. The number of nitrogens with zero attached hydrogens (tertiary/aromatic N) is 4. The van der Waals surface area contributed by atoms with Crippen LogP contribution in [0, 0.1) is 27.7 Å². The maximum absolute atomic E-state index is 2.63. The molecule has 4 heterocycles. The Morgan fingerprint density at radius 3 is 1.05 bits per heavy atom. The van der Waals surface area contributed by atoms with Crippen LogP contribution in [0.4, 0.5) is 34.1 Å². The number of fused-ring (bicyclic) bond motifs is 12. The molecule has 0 saturated heterocycles. The monoisotopic (exact) mass is 946 g/mol. The average molecular weight is 947 g/mol. The number of aromatic nitrogens is 2. The summed E-state index contributed by atoms with van der Waals surface area (Å²) < 4.78 is 5.27. The van der Waals surface area contributed by atoms with E-state index in [1.807, 2.05) is 0 Å². The van der Waals surface area contributed by atoms with Gasteiger partial charge in [-0.25, -0.2) is 0 Å². The van der Waals surface area contributed by atoms with Gasteiger partial charge in [-0.05, 0) is 122 Å². The molecule has 0 fully saturated rings. The number of aryl methyl sites for hydroxylation is 4. The molecule has 0 amide bonds. The number of hydrogen-bond donors (Lipinski definition) is 0. The fraction of sp³-hybridized carbons (Fsp3) is 0.0571. The van der Waals surface area contributed by atoms with Crippen molar-refractivity contribution in [3.63, 3.8) is 0 Å². The quantitative estimate of drug-likeness (QED) is 0.151. The van der Waals surface area contributed by atoms with Gasteiger partial charge in [-0.15, -0.1) is 0 Å². The Kier molecular flexibility index (Phi) is 9.19. The van der Waals surface area contributed by atoms with E-state index in [9.17, 15) is 0 Å². The van der Waals surface area contributed by atoms with E-state index < -0.39 is 0 Å². The van der Waals surface area contributed by atoms with E-state index in [1.54, 1.807) is 0 Å². The summed E-state index contributed by atoms with van der Waals surface area (Å²) >= 11 is 0. The fourth-order valence-corrected chi connectivity index (χ4v) is 12.8. The van der Waals surface area contributed by atoms with Gasteiger partial charge in [-0.1, -0.05) is 170 Å². The van der Waals surface area contributed by atoms with E-state index in [0.29, 0.717) is 0 Å². The van der Waals surface area contributed by atoms with Crippen molar-refractivity contribution in [1.29, 1.82) is 0 Å². The lowest BCUT2D eigenvalue weighted by Crippen LogP contribution is -2.12. The van der Waals surface area contributed by atoms with Gasteiger partial charge < -0.3 is 18.6 Å². The highest BCUT2D eigenvalue weighted by Crippen LogP contribution is 2.57. The van der Waals surface area contributed by atoms with Crippen LogP contribution in [0.15, 0.2) is 231 Å². The molecule has 0 radical (unpaired) electrons. The Morgan fingerprint density at radius 1 is 0.284 bits per heavy atom. The SMILES string of the molecule is Cc1ccc(C)c(N(c2ccccc2)c2ccc3c4c(-c5ccccc5)c5c(c(-c6ccccc6)c4n4c6ccccc6c2c34)c2ccc(N(c3ccccc3)c3cc(C)ccc3C)c3c4ccccc4n5c23)c1. The van der Waals surface area contributed by atoms with E-state index in [-0.39, 0.29) is 0 Å². The van der Waals surface area contributed by atoms with Gasteiger partial charge in [-0.2, -0.15) is 0 Å². The second-order valence-electron chi connectivity index (χ2n) is 20.3. The molecule has 0 atom stereocenters. The van der Waals surface area contributed by atoms with E-state index in [0.717, 1.165) is 22.7 Å². The predicted molar refractivity (Wildman–Crippen MR) is 315 cm³/mol. The van der Waals surface area contributed by atoms with Crippen molar-refractivity contribution in [1.82, 2.24) is 8.80 Å². The van der Waals surface area contributed by atoms with Crippen molar-refractivity contribution < 1.29 is 0 Å². The minimum atomic E-state index is 1.13. The Bertz CT molecular complexity index is 4380. The third-order valence-electron chi connectivity index (χ3n) is 15.9. The average Bonchev–Trinajstić information content (AvgIpc) is 4.19. The third-order valence-corrected chi connectivity index (χ3v) is 15.9. The fourth-order valence-electron chi connectivity index (χ4n) is 12.8. The zero-order valence-corrected chi connectivity index (χ0v) is 41.7. The van der Waals surface area contributed by atoms with Crippen LogP contribution < -0.4 is 9.80 Å². The zero-order valence-electron chi connectivity index (χ0n) is 41.7. The first kappa shape index (κ1) is 42.3. The van der Waals surface area contributed by atoms with Crippen LogP contribution in [0.25, 0.3) is 98.4 Å². The molecule has 15 rings (SSSR count). The highest BCUT2D eigenvalue weighted by molar-refractivity contribution is 6.39. The topological polar surface area (TPSA) is 15.3 Å². The van der Waals surface area contributed by atoms with Gasteiger partial charge in [0.25, 0.3) is 0 Å². The minimum Gasteiger partial charge on any atom is -0.310 e. The van der Waals surface area contributed by atoms with Gasteiger partial charge in [0.05, 0.1) is 44.5 Å². The van der Waals surface area contributed by atoms with Crippen LogP contribution in [0.2, 0.25) is 0 Å². The van der Waals surface area contributed by atoms with Crippen molar-refractivity contribution in [2.45, 2.75) is 27.7 Å². The molecule has 0 aliphatic heterocycles. The third kappa shape index (κ3) is 5.91. The van der Waals surface area contributed by atoms with Crippen LogP contribution in [0.5, 0.6) is 0 Å². The van der Waals surface area contributed by atoms with E-state index in [1.165, 1.54) is 132 Å². The highest BCUT2D eigenvalue weighted by atomic mass is 15.2. The number of anilines is 6. The van der Waals surface area contributed by atoms with Crippen molar-refractivity contribution in [3.8, 4) is 22.3 Å². The molecule has 0 N–H and O–H groups in total. The Labute approximate surface area is 429 Å². The lowest BCUT2D eigenvalue weighted by atomic mass is 9.89. The molecular formula is C70H50N4. The zero-order chi connectivity index (χ0) is 49.3. The van der Waals surface area contributed by atoms with Crippen LogP contribution in [-0.2, 0) is 0 Å². The first-order valence-corrected chi connectivity index (χ1v) is 25.8. The van der Waals surface area contributed by atoms with E-state index in [4.69, 9.17) is 0 Å². The van der Waals surface area contributed by atoms with Gasteiger partial charge in [-0.3, -0.25) is 0 Å². The molecule has 0 aliphatic carbocycles. The maximum atomic E-state index is 2.63. The molecule has 0 spiro atoms. The second kappa shape index (κ2) is 16.1. The Hall–Kier alpha value is -9.38. The van der Waals surface area contributed by atoms with E-state index >= 15 is 0 Å². The van der Waals surface area contributed by atoms with Crippen LogP contribution in [0.1, 0.15) is 22.3 Å². The molecule has 4 aromatic heterocycles. The van der Waals surface area contributed by atoms with Crippen molar-refractivity contribution in [3.05, 3.63) is 253 Å². The summed E-state index contributed by atoms with van der Waals surface area (Å²) in [7, 11) is 0. The Balaban J connectivity index is 1.18. The molecule has 0 bridgehead atoms. The lowest BCUT2D eigenvalue weighted by Gasteiger charge is -2.28. The number of rotatable bonds is 8. The maximum Gasteiger partial charge on any atom is 0.0642 e. The van der Waals surface area contributed by atoms with Crippen molar-refractivity contribution >= 4 is 110 Å². The smallest absolute Gasteiger partial charge is 0.0642 e. The summed E-state index contributed by atoms with van der Waals surface area (Å²) in [4.78, 5) is 4.98. The molecule has 350 valence electrons. The first-order valence-electron chi connectivity index (χ1n) is 25.8. The normalized spacial score (nSPS) is 12.1.